The van der Waals surface area contributed by atoms with Crippen molar-refractivity contribution in [2.45, 2.75) is 56.4 Å². The number of guanidine groups is 1. The summed E-state index contributed by atoms with van der Waals surface area (Å²) < 4.78 is 12.2. The molecule has 1 heterocycles. The summed E-state index contributed by atoms with van der Waals surface area (Å²) in [5, 5.41) is 6.89. The Labute approximate surface area is 166 Å². The van der Waals surface area contributed by atoms with Crippen LogP contribution in [-0.4, -0.2) is 59.6 Å². The van der Waals surface area contributed by atoms with Crippen molar-refractivity contribution in [2.75, 3.05) is 32.4 Å². The summed E-state index contributed by atoms with van der Waals surface area (Å²) >= 11 is 0. The first-order chi connectivity index (χ1) is 13.2. The molecule has 0 radical (unpaired) electrons. The zero-order valence-electron chi connectivity index (χ0n) is 16.5. The van der Waals surface area contributed by atoms with Gasteiger partial charge in [-0.3, -0.25) is 9.20 Å². The average molecular weight is 391 g/mol. The Hall–Kier alpha value is -1.40. The minimum Gasteiger partial charge on any atom is -0.355 e. The lowest BCUT2D eigenvalue weighted by atomic mass is 10.0. The van der Waals surface area contributed by atoms with E-state index < -0.39 is 10.8 Å². The molecule has 2 N–H and O–H groups in total. The van der Waals surface area contributed by atoms with E-state index in [4.69, 9.17) is 0 Å². The number of hydrogen-bond donors (Lipinski definition) is 2. The SMILES string of the molecule is CN=C(NCCS(=O)Cc1ccccc1)NC1CCN(C2CCCC2)CC1. The van der Waals surface area contributed by atoms with E-state index in [1.54, 1.807) is 0 Å². The van der Waals surface area contributed by atoms with Crippen LogP contribution in [0.1, 0.15) is 44.1 Å². The van der Waals surface area contributed by atoms with Crippen LogP contribution in [0.25, 0.3) is 0 Å². The fraction of sp³-hybridized carbons (Fsp3) is 0.667. The maximum absolute atomic E-state index is 12.2. The Kier molecular flexibility index (Phi) is 8.14. The number of likely N-dealkylation sites (tertiary alicyclic amines) is 1. The summed E-state index contributed by atoms with van der Waals surface area (Å²) in [6, 6.07) is 11.4. The van der Waals surface area contributed by atoms with E-state index in [1.807, 2.05) is 37.4 Å². The Balaban J connectivity index is 1.33. The molecule has 1 saturated carbocycles. The largest absolute Gasteiger partial charge is 0.355 e. The molecule has 2 aliphatic rings. The zero-order valence-corrected chi connectivity index (χ0v) is 17.3. The molecule has 3 rings (SSSR count). The topological polar surface area (TPSA) is 56.7 Å². The summed E-state index contributed by atoms with van der Waals surface area (Å²) in [5.74, 6) is 2.09. The molecule has 6 heteroatoms. The molecule has 1 unspecified atom stereocenters. The van der Waals surface area contributed by atoms with Crippen molar-refractivity contribution in [3.05, 3.63) is 35.9 Å². The summed E-state index contributed by atoms with van der Waals surface area (Å²) in [6.45, 7) is 3.07. The predicted octanol–water partition coefficient (Wildman–Crippen LogP) is 2.51. The first-order valence-electron chi connectivity index (χ1n) is 10.3. The number of benzene rings is 1. The van der Waals surface area contributed by atoms with Crippen molar-refractivity contribution in [1.82, 2.24) is 15.5 Å². The van der Waals surface area contributed by atoms with Crippen molar-refractivity contribution in [3.8, 4) is 0 Å². The maximum Gasteiger partial charge on any atom is 0.191 e. The number of aliphatic imine (C=N–C) groups is 1. The van der Waals surface area contributed by atoms with Gasteiger partial charge in [-0.2, -0.15) is 0 Å². The van der Waals surface area contributed by atoms with Gasteiger partial charge >= 0.3 is 0 Å². The molecular formula is C21H34N4OS. The second-order valence-electron chi connectivity index (χ2n) is 7.67. The first kappa shape index (κ1) is 20.3. The van der Waals surface area contributed by atoms with Gasteiger partial charge in [0.2, 0.25) is 0 Å². The van der Waals surface area contributed by atoms with Gasteiger partial charge in [0.25, 0.3) is 0 Å². The number of rotatable bonds is 7. The van der Waals surface area contributed by atoms with Gasteiger partial charge in [-0.05, 0) is 31.2 Å². The minimum absolute atomic E-state index is 0.490. The highest BCUT2D eigenvalue weighted by molar-refractivity contribution is 7.84. The lowest BCUT2D eigenvalue weighted by Gasteiger charge is -2.36. The molecular weight excluding hydrogens is 356 g/mol. The van der Waals surface area contributed by atoms with Crippen molar-refractivity contribution >= 4 is 16.8 Å². The highest BCUT2D eigenvalue weighted by atomic mass is 32.2. The second kappa shape index (κ2) is 10.8. The molecule has 1 aliphatic heterocycles. The molecule has 0 amide bonds. The smallest absolute Gasteiger partial charge is 0.191 e. The third-order valence-electron chi connectivity index (χ3n) is 5.73. The average Bonchev–Trinajstić information content (AvgIpc) is 3.23. The van der Waals surface area contributed by atoms with Crippen LogP contribution in [0.3, 0.4) is 0 Å². The Bertz CT molecular complexity index is 608. The molecule has 0 bridgehead atoms. The van der Waals surface area contributed by atoms with E-state index in [2.05, 4.69) is 20.5 Å². The van der Waals surface area contributed by atoms with Crippen LogP contribution in [0.5, 0.6) is 0 Å². The molecule has 0 spiro atoms. The van der Waals surface area contributed by atoms with Gasteiger partial charge in [0.15, 0.2) is 5.96 Å². The maximum atomic E-state index is 12.2. The normalized spacial score (nSPS) is 21.3. The van der Waals surface area contributed by atoms with Gasteiger partial charge in [-0.25, -0.2) is 0 Å². The van der Waals surface area contributed by atoms with Gasteiger partial charge in [-0.15, -0.1) is 0 Å². The molecule has 0 aromatic heterocycles. The highest BCUT2D eigenvalue weighted by Crippen LogP contribution is 2.26. The van der Waals surface area contributed by atoms with Crippen molar-refractivity contribution in [3.63, 3.8) is 0 Å². The Morgan fingerprint density at radius 3 is 2.52 bits per heavy atom. The molecule has 1 atom stereocenters. The van der Waals surface area contributed by atoms with Crippen LogP contribution in [0.15, 0.2) is 35.3 Å². The molecule has 1 saturated heterocycles. The van der Waals surface area contributed by atoms with Crippen LogP contribution >= 0.6 is 0 Å². The van der Waals surface area contributed by atoms with E-state index in [1.165, 1.54) is 51.6 Å². The standard InChI is InChI=1S/C21H34N4OS/c1-22-21(23-13-16-27(26)17-18-7-3-2-4-8-18)24-19-11-14-25(15-12-19)20-9-5-6-10-20/h2-4,7-8,19-20H,5-6,9-17H2,1H3,(H2,22,23,24). The fourth-order valence-electron chi connectivity index (χ4n) is 4.18. The third kappa shape index (κ3) is 6.61. The van der Waals surface area contributed by atoms with Gasteiger partial charge in [0.05, 0.1) is 0 Å². The van der Waals surface area contributed by atoms with Crippen molar-refractivity contribution < 1.29 is 4.21 Å². The Morgan fingerprint density at radius 1 is 1.15 bits per heavy atom. The third-order valence-corrected chi connectivity index (χ3v) is 7.04. The predicted molar refractivity (Wildman–Crippen MR) is 115 cm³/mol. The van der Waals surface area contributed by atoms with Crippen LogP contribution in [-0.2, 0) is 16.6 Å². The van der Waals surface area contributed by atoms with Crippen LogP contribution in [0.2, 0.25) is 0 Å². The highest BCUT2D eigenvalue weighted by Gasteiger charge is 2.27. The van der Waals surface area contributed by atoms with E-state index in [0.29, 0.717) is 24.1 Å². The molecule has 27 heavy (non-hydrogen) atoms. The van der Waals surface area contributed by atoms with Crippen LogP contribution in [0, 0.1) is 0 Å². The van der Waals surface area contributed by atoms with E-state index in [-0.39, 0.29) is 0 Å². The number of nitrogens with zero attached hydrogens (tertiary/aromatic N) is 2. The number of hydrogen-bond acceptors (Lipinski definition) is 3. The van der Waals surface area contributed by atoms with Gasteiger partial charge < -0.3 is 15.5 Å². The Morgan fingerprint density at radius 2 is 1.85 bits per heavy atom. The first-order valence-corrected chi connectivity index (χ1v) is 11.8. The lowest BCUT2D eigenvalue weighted by molar-refractivity contribution is 0.150. The van der Waals surface area contributed by atoms with Gasteiger partial charge in [-0.1, -0.05) is 43.2 Å². The number of nitrogens with one attached hydrogen (secondary N) is 2. The lowest BCUT2D eigenvalue weighted by Crippen LogP contribution is -2.50. The van der Waals surface area contributed by atoms with E-state index in [0.717, 1.165) is 17.6 Å². The summed E-state index contributed by atoms with van der Waals surface area (Å²) in [4.78, 5) is 7.03. The number of piperidine rings is 1. The van der Waals surface area contributed by atoms with Crippen molar-refractivity contribution in [1.29, 1.82) is 0 Å². The van der Waals surface area contributed by atoms with Crippen LogP contribution in [0.4, 0.5) is 0 Å². The summed E-state index contributed by atoms with van der Waals surface area (Å²) in [7, 11) is 0.955. The summed E-state index contributed by atoms with van der Waals surface area (Å²) in [6.07, 6.45) is 7.95. The fourth-order valence-corrected chi connectivity index (χ4v) is 5.22. The van der Waals surface area contributed by atoms with Crippen molar-refractivity contribution in [2.24, 2.45) is 4.99 Å². The molecule has 2 fully saturated rings. The molecule has 5 nitrogen and oxygen atoms in total. The molecule has 150 valence electrons. The van der Waals surface area contributed by atoms with E-state index in [9.17, 15) is 4.21 Å². The second-order valence-corrected chi connectivity index (χ2v) is 9.24. The molecule has 1 aromatic carbocycles. The summed E-state index contributed by atoms with van der Waals surface area (Å²) in [5.41, 5.74) is 1.13. The van der Waals surface area contributed by atoms with E-state index >= 15 is 0 Å². The molecule has 1 aromatic rings. The quantitative estimate of drug-likeness (QED) is 0.555. The van der Waals surface area contributed by atoms with Gasteiger partial charge in [0, 0.05) is 61.1 Å². The van der Waals surface area contributed by atoms with Gasteiger partial charge in [0.1, 0.15) is 0 Å². The monoisotopic (exact) mass is 390 g/mol. The minimum atomic E-state index is -0.854. The zero-order chi connectivity index (χ0) is 18.9. The van der Waals surface area contributed by atoms with Crippen LogP contribution < -0.4 is 10.6 Å². The molecule has 1 aliphatic carbocycles.